The second-order valence-electron chi connectivity index (χ2n) is 5.39. The summed E-state index contributed by atoms with van der Waals surface area (Å²) in [5, 5.41) is 0. The van der Waals surface area contributed by atoms with Crippen molar-refractivity contribution in [3.63, 3.8) is 0 Å². The third kappa shape index (κ3) is 2.76. The quantitative estimate of drug-likeness (QED) is 0.940. The second kappa shape index (κ2) is 5.82. The average Bonchev–Trinajstić information content (AvgIpc) is 2.47. The number of hydrogen-bond acceptors (Lipinski definition) is 2. The fraction of sp³-hybridized carbons (Fsp3) is 0.294. The van der Waals surface area contributed by atoms with Crippen molar-refractivity contribution >= 4 is 5.69 Å². The maximum absolute atomic E-state index is 14.3. The largest absolute Gasteiger partial charge is 0.362 e. The fourth-order valence-corrected chi connectivity index (χ4v) is 2.92. The summed E-state index contributed by atoms with van der Waals surface area (Å²) in [7, 11) is 0. The minimum atomic E-state index is -0.502. The van der Waals surface area contributed by atoms with Gasteiger partial charge < -0.3 is 10.6 Å². The molecular formula is C17H18F2N2. The molecule has 0 saturated carbocycles. The number of nitrogens with zero attached hydrogens (tertiary/aromatic N) is 1. The van der Waals surface area contributed by atoms with E-state index < -0.39 is 11.6 Å². The maximum Gasteiger partial charge on any atom is 0.149 e. The summed E-state index contributed by atoms with van der Waals surface area (Å²) in [5.41, 5.74) is 8.51. The van der Waals surface area contributed by atoms with Gasteiger partial charge in [-0.05, 0) is 48.2 Å². The summed E-state index contributed by atoms with van der Waals surface area (Å²) in [4.78, 5) is 1.78. The zero-order chi connectivity index (χ0) is 14.8. The van der Waals surface area contributed by atoms with E-state index in [0.29, 0.717) is 31.6 Å². The molecule has 4 heteroatoms. The molecule has 0 unspecified atom stereocenters. The Hall–Kier alpha value is -1.94. The Morgan fingerprint density at radius 3 is 2.38 bits per heavy atom. The van der Waals surface area contributed by atoms with Gasteiger partial charge in [-0.15, -0.1) is 0 Å². The lowest BCUT2D eigenvalue weighted by Crippen LogP contribution is -2.31. The molecule has 0 aromatic heterocycles. The number of fused-ring (bicyclic) bond motifs is 1. The molecule has 2 nitrogen and oxygen atoms in total. The van der Waals surface area contributed by atoms with Gasteiger partial charge in [0.25, 0.3) is 0 Å². The molecule has 110 valence electrons. The topological polar surface area (TPSA) is 29.3 Å². The molecule has 2 N–H and O–H groups in total. The lowest BCUT2D eigenvalue weighted by Gasteiger charge is -2.31. The predicted octanol–water partition coefficient (Wildman–Crippen LogP) is 3.03. The van der Waals surface area contributed by atoms with Crippen LogP contribution in [0.25, 0.3) is 0 Å². The van der Waals surface area contributed by atoms with Gasteiger partial charge in [-0.3, -0.25) is 0 Å². The lowest BCUT2D eigenvalue weighted by atomic mass is 9.99. The van der Waals surface area contributed by atoms with Crippen LogP contribution < -0.4 is 10.6 Å². The van der Waals surface area contributed by atoms with Gasteiger partial charge in [0.1, 0.15) is 17.3 Å². The van der Waals surface area contributed by atoms with Crippen molar-refractivity contribution in [2.24, 2.45) is 5.73 Å². The molecule has 0 spiro atoms. The Morgan fingerprint density at radius 2 is 1.71 bits per heavy atom. The van der Waals surface area contributed by atoms with E-state index in [1.807, 2.05) is 18.2 Å². The van der Waals surface area contributed by atoms with Crippen LogP contribution in [0.2, 0.25) is 0 Å². The SMILES string of the molecule is NCCc1cc(F)c(N2CCc3ccccc3C2)c(F)c1. The number of halogens is 2. The van der Waals surface area contributed by atoms with Crippen LogP contribution in [0.15, 0.2) is 36.4 Å². The van der Waals surface area contributed by atoms with E-state index >= 15 is 0 Å². The van der Waals surface area contributed by atoms with Gasteiger partial charge in [0, 0.05) is 13.1 Å². The van der Waals surface area contributed by atoms with Gasteiger partial charge in [0.2, 0.25) is 0 Å². The number of rotatable bonds is 3. The van der Waals surface area contributed by atoms with Crippen LogP contribution in [0, 0.1) is 11.6 Å². The predicted molar refractivity (Wildman–Crippen MR) is 80.3 cm³/mol. The van der Waals surface area contributed by atoms with Gasteiger partial charge in [0.15, 0.2) is 0 Å². The molecule has 0 fully saturated rings. The van der Waals surface area contributed by atoms with Crippen LogP contribution in [0.5, 0.6) is 0 Å². The molecule has 2 aromatic rings. The first-order chi connectivity index (χ1) is 10.2. The van der Waals surface area contributed by atoms with Crippen LogP contribution in [-0.4, -0.2) is 13.1 Å². The highest BCUT2D eigenvalue weighted by Crippen LogP contribution is 2.30. The molecule has 3 rings (SSSR count). The third-order valence-electron chi connectivity index (χ3n) is 3.96. The lowest BCUT2D eigenvalue weighted by molar-refractivity contribution is 0.561. The highest BCUT2D eigenvalue weighted by atomic mass is 19.1. The Bertz CT molecular complexity index is 632. The summed E-state index contributed by atoms with van der Waals surface area (Å²) in [6.45, 7) is 1.55. The average molecular weight is 288 g/mol. The Balaban J connectivity index is 1.92. The van der Waals surface area contributed by atoms with E-state index in [9.17, 15) is 8.78 Å². The highest BCUT2D eigenvalue weighted by Gasteiger charge is 2.22. The van der Waals surface area contributed by atoms with Crippen molar-refractivity contribution in [3.05, 3.63) is 64.7 Å². The van der Waals surface area contributed by atoms with Crippen LogP contribution in [-0.2, 0) is 19.4 Å². The number of hydrogen-bond donors (Lipinski definition) is 1. The molecule has 21 heavy (non-hydrogen) atoms. The molecular weight excluding hydrogens is 270 g/mol. The summed E-state index contributed by atoms with van der Waals surface area (Å²) >= 11 is 0. The van der Waals surface area contributed by atoms with Crippen LogP contribution in [0.1, 0.15) is 16.7 Å². The van der Waals surface area contributed by atoms with Crippen LogP contribution in [0.4, 0.5) is 14.5 Å². The van der Waals surface area contributed by atoms with E-state index in [-0.39, 0.29) is 5.69 Å². The minimum Gasteiger partial charge on any atom is -0.362 e. The second-order valence-corrected chi connectivity index (χ2v) is 5.39. The summed E-state index contributed by atoms with van der Waals surface area (Å²) in [6.07, 6.45) is 1.29. The smallest absolute Gasteiger partial charge is 0.149 e. The van der Waals surface area contributed by atoms with Gasteiger partial charge in [-0.2, -0.15) is 0 Å². The molecule has 0 saturated heterocycles. The van der Waals surface area contributed by atoms with Gasteiger partial charge in [-0.25, -0.2) is 8.78 Å². The van der Waals surface area contributed by atoms with Crippen molar-refractivity contribution in [3.8, 4) is 0 Å². The van der Waals surface area contributed by atoms with Crippen LogP contribution in [0.3, 0.4) is 0 Å². The van der Waals surface area contributed by atoms with Crippen molar-refractivity contribution in [2.45, 2.75) is 19.4 Å². The van der Waals surface area contributed by atoms with Crippen molar-refractivity contribution in [1.29, 1.82) is 0 Å². The zero-order valence-corrected chi connectivity index (χ0v) is 11.8. The minimum absolute atomic E-state index is 0.0743. The van der Waals surface area contributed by atoms with Gasteiger partial charge in [-0.1, -0.05) is 24.3 Å². The Labute approximate surface area is 123 Å². The first-order valence-corrected chi connectivity index (χ1v) is 7.18. The first kappa shape index (κ1) is 14.0. The molecule has 2 aromatic carbocycles. The molecule has 0 amide bonds. The zero-order valence-electron chi connectivity index (χ0n) is 11.8. The van der Waals surface area contributed by atoms with Crippen molar-refractivity contribution in [1.82, 2.24) is 0 Å². The van der Waals surface area contributed by atoms with E-state index in [4.69, 9.17) is 5.73 Å². The number of benzene rings is 2. The molecule has 1 aliphatic rings. The Kier molecular flexibility index (Phi) is 3.88. The monoisotopic (exact) mass is 288 g/mol. The summed E-state index contributed by atoms with van der Waals surface area (Å²) in [5.74, 6) is -1.00. The molecule has 0 atom stereocenters. The van der Waals surface area contributed by atoms with E-state index in [2.05, 4.69) is 6.07 Å². The van der Waals surface area contributed by atoms with E-state index in [1.165, 1.54) is 17.7 Å². The normalized spacial score (nSPS) is 14.1. The standard InChI is InChI=1S/C17H18F2N2/c18-15-9-12(5-7-20)10-16(19)17(15)21-8-6-13-3-1-2-4-14(13)11-21/h1-4,9-10H,5-8,11,20H2. The highest BCUT2D eigenvalue weighted by molar-refractivity contribution is 5.53. The van der Waals surface area contributed by atoms with Crippen molar-refractivity contribution in [2.75, 3.05) is 18.0 Å². The van der Waals surface area contributed by atoms with Gasteiger partial charge in [0.05, 0.1) is 0 Å². The fourth-order valence-electron chi connectivity index (χ4n) is 2.92. The Morgan fingerprint density at radius 1 is 1.05 bits per heavy atom. The number of nitrogens with two attached hydrogens (primary N) is 1. The maximum atomic E-state index is 14.3. The molecule has 0 bridgehead atoms. The summed E-state index contributed by atoms with van der Waals surface area (Å²) in [6, 6.07) is 10.8. The molecule has 1 heterocycles. The molecule has 0 aliphatic carbocycles. The van der Waals surface area contributed by atoms with E-state index in [0.717, 1.165) is 12.0 Å². The number of anilines is 1. The third-order valence-corrected chi connectivity index (χ3v) is 3.96. The first-order valence-electron chi connectivity index (χ1n) is 7.18. The van der Waals surface area contributed by atoms with Crippen molar-refractivity contribution < 1.29 is 8.78 Å². The molecule has 1 aliphatic heterocycles. The summed E-state index contributed by atoms with van der Waals surface area (Å²) < 4.78 is 28.5. The van der Waals surface area contributed by atoms with E-state index in [1.54, 1.807) is 4.90 Å². The molecule has 0 radical (unpaired) electrons. The van der Waals surface area contributed by atoms with Gasteiger partial charge >= 0.3 is 0 Å². The van der Waals surface area contributed by atoms with Crippen LogP contribution >= 0.6 is 0 Å².